The Labute approximate surface area is 123 Å². The van der Waals surface area contributed by atoms with Gasteiger partial charge in [0, 0.05) is 19.1 Å². The Morgan fingerprint density at radius 3 is 2.75 bits per heavy atom. The Bertz CT molecular complexity index is 463. The normalized spacial score (nSPS) is 21.6. The summed E-state index contributed by atoms with van der Waals surface area (Å²) in [6.07, 6.45) is 6.74. The van der Waals surface area contributed by atoms with Crippen LogP contribution >= 0.6 is 11.5 Å². The van der Waals surface area contributed by atoms with Crippen LogP contribution in [0.2, 0.25) is 0 Å². The minimum Gasteiger partial charge on any atom is -0.351 e. The lowest BCUT2D eigenvalue weighted by molar-refractivity contribution is -0.131. The zero-order valence-electron chi connectivity index (χ0n) is 12.0. The van der Waals surface area contributed by atoms with Gasteiger partial charge in [-0.25, -0.2) is 0 Å². The van der Waals surface area contributed by atoms with Gasteiger partial charge >= 0.3 is 0 Å². The van der Waals surface area contributed by atoms with Gasteiger partial charge in [0.15, 0.2) is 0 Å². The summed E-state index contributed by atoms with van der Waals surface area (Å²) in [6, 6.07) is 0.737. The van der Waals surface area contributed by atoms with Crippen LogP contribution in [0.25, 0.3) is 0 Å². The Morgan fingerprint density at radius 2 is 2.10 bits per heavy atom. The van der Waals surface area contributed by atoms with Crippen LogP contribution < -0.4 is 5.32 Å². The summed E-state index contributed by atoms with van der Waals surface area (Å²) < 4.78 is 3.88. The third kappa shape index (κ3) is 3.01. The predicted molar refractivity (Wildman–Crippen MR) is 78.4 cm³/mol. The van der Waals surface area contributed by atoms with Gasteiger partial charge < -0.3 is 5.32 Å². The fourth-order valence-corrected chi connectivity index (χ4v) is 3.72. The first-order valence-electron chi connectivity index (χ1n) is 7.53. The number of amides is 1. The van der Waals surface area contributed by atoms with E-state index in [1.165, 1.54) is 43.6 Å². The number of nitrogens with one attached hydrogen (secondary N) is 1. The number of nitrogens with zero attached hydrogens (tertiary/aromatic N) is 3. The Kier molecular flexibility index (Phi) is 4.31. The third-order valence-electron chi connectivity index (χ3n) is 4.54. The SMILES string of the molecule is Cc1nnsc1CNC(=O)C1CN(C2CCCCC2)C1. The van der Waals surface area contributed by atoms with Crippen molar-refractivity contribution < 1.29 is 4.79 Å². The first kappa shape index (κ1) is 13.9. The smallest absolute Gasteiger partial charge is 0.225 e. The van der Waals surface area contributed by atoms with E-state index in [2.05, 4.69) is 19.8 Å². The maximum absolute atomic E-state index is 12.1. The molecule has 0 unspecified atom stereocenters. The van der Waals surface area contributed by atoms with Crippen LogP contribution in [0.5, 0.6) is 0 Å². The highest BCUT2D eigenvalue weighted by atomic mass is 32.1. The number of aromatic nitrogens is 2. The van der Waals surface area contributed by atoms with Crippen LogP contribution in [0.3, 0.4) is 0 Å². The molecule has 3 rings (SSSR count). The summed E-state index contributed by atoms with van der Waals surface area (Å²) in [4.78, 5) is 15.6. The lowest BCUT2D eigenvalue weighted by atomic mass is 9.89. The van der Waals surface area contributed by atoms with Crippen molar-refractivity contribution >= 4 is 17.4 Å². The molecule has 0 spiro atoms. The van der Waals surface area contributed by atoms with E-state index in [0.717, 1.165) is 29.7 Å². The Hall–Kier alpha value is -1.01. The molecule has 1 aromatic heterocycles. The van der Waals surface area contributed by atoms with Crippen LogP contribution in [0.1, 0.15) is 42.7 Å². The summed E-state index contributed by atoms with van der Waals surface area (Å²) in [5, 5.41) is 6.97. The lowest BCUT2D eigenvalue weighted by Gasteiger charge is -2.45. The van der Waals surface area contributed by atoms with Crippen LogP contribution in [-0.4, -0.2) is 39.5 Å². The molecule has 1 aliphatic carbocycles. The summed E-state index contributed by atoms with van der Waals surface area (Å²) in [5.41, 5.74) is 0.924. The first-order valence-corrected chi connectivity index (χ1v) is 8.31. The van der Waals surface area contributed by atoms with Gasteiger partial charge in [0.1, 0.15) is 0 Å². The zero-order chi connectivity index (χ0) is 13.9. The van der Waals surface area contributed by atoms with Gasteiger partial charge in [-0.1, -0.05) is 23.8 Å². The molecule has 1 aliphatic heterocycles. The average molecular weight is 294 g/mol. The summed E-state index contributed by atoms with van der Waals surface area (Å²) in [7, 11) is 0. The highest BCUT2D eigenvalue weighted by Crippen LogP contribution is 2.28. The van der Waals surface area contributed by atoms with Crippen molar-refractivity contribution in [2.45, 2.75) is 51.6 Å². The number of hydrogen-bond acceptors (Lipinski definition) is 5. The fourth-order valence-electron chi connectivity index (χ4n) is 3.15. The molecule has 1 saturated heterocycles. The van der Waals surface area contributed by atoms with Gasteiger partial charge in [-0.15, -0.1) is 5.10 Å². The van der Waals surface area contributed by atoms with E-state index >= 15 is 0 Å². The van der Waals surface area contributed by atoms with Crippen molar-refractivity contribution in [3.8, 4) is 0 Å². The van der Waals surface area contributed by atoms with Gasteiger partial charge in [0.05, 0.1) is 23.0 Å². The minimum absolute atomic E-state index is 0.179. The second-order valence-electron chi connectivity index (χ2n) is 5.94. The number of hydrogen-bond donors (Lipinski definition) is 1. The molecular weight excluding hydrogens is 272 g/mol. The highest BCUT2D eigenvalue weighted by Gasteiger charge is 2.36. The van der Waals surface area contributed by atoms with E-state index in [-0.39, 0.29) is 11.8 Å². The van der Waals surface area contributed by atoms with Crippen LogP contribution in [0.4, 0.5) is 0 Å². The molecule has 5 nitrogen and oxygen atoms in total. The second-order valence-corrected chi connectivity index (χ2v) is 6.78. The van der Waals surface area contributed by atoms with Crippen LogP contribution in [-0.2, 0) is 11.3 Å². The number of carbonyl (C=O) groups excluding carboxylic acids is 1. The molecule has 20 heavy (non-hydrogen) atoms. The van der Waals surface area contributed by atoms with Gasteiger partial charge in [0.2, 0.25) is 5.91 Å². The summed E-state index contributed by atoms with van der Waals surface area (Å²) in [5.74, 6) is 0.364. The standard InChI is InChI=1S/C14H22N4OS/c1-10-13(20-17-16-10)7-15-14(19)11-8-18(9-11)12-5-3-2-4-6-12/h11-12H,2-9H2,1H3,(H,15,19). The number of carbonyl (C=O) groups is 1. The van der Waals surface area contributed by atoms with Gasteiger partial charge in [-0.2, -0.15) is 0 Å². The van der Waals surface area contributed by atoms with Gasteiger partial charge in [-0.3, -0.25) is 9.69 Å². The third-order valence-corrected chi connectivity index (χ3v) is 5.36. The second kappa shape index (κ2) is 6.18. The minimum atomic E-state index is 0.179. The van der Waals surface area contributed by atoms with Crippen molar-refractivity contribution in [2.75, 3.05) is 13.1 Å². The molecule has 0 aromatic carbocycles. The molecule has 1 amide bonds. The van der Waals surface area contributed by atoms with Crippen molar-refractivity contribution in [2.24, 2.45) is 5.92 Å². The molecule has 1 saturated carbocycles. The molecule has 1 aromatic rings. The van der Waals surface area contributed by atoms with Gasteiger partial charge in [0.25, 0.3) is 0 Å². The number of likely N-dealkylation sites (tertiary alicyclic amines) is 1. The van der Waals surface area contributed by atoms with Crippen LogP contribution in [0.15, 0.2) is 0 Å². The van der Waals surface area contributed by atoms with Gasteiger partial charge in [-0.05, 0) is 31.3 Å². The van der Waals surface area contributed by atoms with Crippen molar-refractivity contribution in [1.82, 2.24) is 19.8 Å². The molecule has 0 bridgehead atoms. The lowest BCUT2D eigenvalue weighted by Crippen LogP contribution is -2.57. The van der Waals surface area contributed by atoms with E-state index in [1.54, 1.807) is 0 Å². The molecule has 2 heterocycles. The molecule has 2 fully saturated rings. The van der Waals surface area contributed by atoms with E-state index in [4.69, 9.17) is 0 Å². The molecule has 110 valence electrons. The van der Waals surface area contributed by atoms with Crippen molar-refractivity contribution in [1.29, 1.82) is 0 Å². The molecule has 6 heteroatoms. The molecule has 1 N–H and O–H groups in total. The Balaban J connectivity index is 1.40. The van der Waals surface area contributed by atoms with Crippen molar-refractivity contribution in [3.63, 3.8) is 0 Å². The van der Waals surface area contributed by atoms with E-state index < -0.39 is 0 Å². The molecule has 0 atom stereocenters. The average Bonchev–Trinajstić information content (AvgIpc) is 2.81. The van der Waals surface area contributed by atoms with E-state index in [9.17, 15) is 4.79 Å². The molecule has 0 radical (unpaired) electrons. The number of rotatable bonds is 4. The summed E-state index contributed by atoms with van der Waals surface area (Å²) in [6.45, 7) is 4.38. The highest BCUT2D eigenvalue weighted by molar-refractivity contribution is 7.05. The first-order chi connectivity index (χ1) is 9.74. The van der Waals surface area contributed by atoms with Crippen molar-refractivity contribution in [3.05, 3.63) is 10.6 Å². The zero-order valence-corrected chi connectivity index (χ0v) is 12.8. The predicted octanol–water partition coefficient (Wildman–Crippen LogP) is 1.73. The number of aryl methyl sites for hydroxylation is 1. The monoisotopic (exact) mass is 294 g/mol. The molecular formula is C14H22N4OS. The fraction of sp³-hybridized carbons (Fsp3) is 0.786. The molecule has 2 aliphatic rings. The summed E-state index contributed by atoms with van der Waals surface area (Å²) >= 11 is 1.37. The maximum Gasteiger partial charge on any atom is 0.225 e. The van der Waals surface area contributed by atoms with E-state index in [1.807, 2.05) is 6.92 Å². The van der Waals surface area contributed by atoms with E-state index in [0.29, 0.717) is 6.54 Å². The largest absolute Gasteiger partial charge is 0.351 e. The Morgan fingerprint density at radius 1 is 1.35 bits per heavy atom. The van der Waals surface area contributed by atoms with Crippen LogP contribution in [0, 0.1) is 12.8 Å². The quantitative estimate of drug-likeness (QED) is 0.919. The topological polar surface area (TPSA) is 58.1 Å². The maximum atomic E-state index is 12.1.